The minimum atomic E-state index is -3.71. The van der Waals surface area contributed by atoms with Gasteiger partial charge in [0.2, 0.25) is 15.9 Å². The summed E-state index contributed by atoms with van der Waals surface area (Å²) in [5.41, 5.74) is 0.588. The van der Waals surface area contributed by atoms with E-state index < -0.39 is 21.5 Å². The van der Waals surface area contributed by atoms with Crippen LogP contribution in [-0.2, 0) is 27.9 Å². The van der Waals surface area contributed by atoms with E-state index in [4.69, 9.17) is 16.7 Å². The summed E-state index contributed by atoms with van der Waals surface area (Å²) in [5, 5.41) is 11.8. The standard InChI is InChI=1S/C25H29ClN6O5S/c1-25(2)14-31(15-25)21(33)13-32-22-18(20(7-8-29-22)28-9-10-38(27,36)37)11-19(24(32)35)23(34)30-12-16-3-5-17(26)6-4-16/h3-8,11H,9-10,12-15H2,1-2H3,(H,28,29)(H,30,34)(H2,27,36,37). The van der Waals surface area contributed by atoms with Gasteiger partial charge in [-0.05, 0) is 35.2 Å². The average Bonchev–Trinajstić information content (AvgIpc) is 2.82. The number of carbonyl (C=O) groups excluding carboxylic acids is 2. The zero-order valence-corrected chi connectivity index (χ0v) is 22.6. The molecule has 202 valence electrons. The van der Waals surface area contributed by atoms with E-state index in [9.17, 15) is 22.8 Å². The van der Waals surface area contributed by atoms with Crippen molar-refractivity contribution in [3.63, 3.8) is 0 Å². The molecule has 13 heteroatoms. The van der Waals surface area contributed by atoms with Gasteiger partial charge in [0, 0.05) is 48.5 Å². The number of nitrogens with two attached hydrogens (primary N) is 1. The Morgan fingerprint density at radius 1 is 1.16 bits per heavy atom. The smallest absolute Gasteiger partial charge is 0.265 e. The van der Waals surface area contributed by atoms with Gasteiger partial charge in [-0.3, -0.25) is 19.0 Å². The summed E-state index contributed by atoms with van der Waals surface area (Å²) >= 11 is 5.92. The molecule has 1 aromatic carbocycles. The number of carbonyl (C=O) groups is 2. The average molecular weight is 561 g/mol. The minimum Gasteiger partial charge on any atom is -0.383 e. The number of nitrogens with zero attached hydrogens (tertiary/aromatic N) is 3. The molecule has 1 fully saturated rings. The maximum Gasteiger partial charge on any atom is 0.265 e. The zero-order valence-electron chi connectivity index (χ0n) is 21.0. The fourth-order valence-corrected chi connectivity index (χ4v) is 4.85. The SMILES string of the molecule is CC1(C)CN(C(=O)Cn2c(=O)c(C(=O)NCc3ccc(Cl)cc3)cc3c(NCCS(N)(=O)=O)ccnc32)C1. The van der Waals surface area contributed by atoms with Crippen LogP contribution in [-0.4, -0.2) is 60.1 Å². The summed E-state index contributed by atoms with van der Waals surface area (Å²) in [6.45, 7) is 5.08. The van der Waals surface area contributed by atoms with Gasteiger partial charge >= 0.3 is 0 Å². The monoisotopic (exact) mass is 560 g/mol. The van der Waals surface area contributed by atoms with Gasteiger partial charge < -0.3 is 15.5 Å². The van der Waals surface area contributed by atoms with Crippen LogP contribution in [0.2, 0.25) is 5.02 Å². The highest BCUT2D eigenvalue weighted by Crippen LogP contribution is 2.29. The molecule has 0 bridgehead atoms. The summed E-state index contributed by atoms with van der Waals surface area (Å²) in [4.78, 5) is 45.6. The second kappa shape index (κ2) is 10.7. The number of rotatable bonds is 9. The molecule has 3 heterocycles. The van der Waals surface area contributed by atoms with E-state index in [1.165, 1.54) is 16.8 Å². The third kappa shape index (κ3) is 6.50. The van der Waals surface area contributed by atoms with Crippen molar-refractivity contribution in [2.24, 2.45) is 10.6 Å². The summed E-state index contributed by atoms with van der Waals surface area (Å²) in [5.74, 6) is -1.22. The molecule has 1 aliphatic rings. The fourth-order valence-electron chi connectivity index (χ4n) is 4.34. The molecule has 4 N–H and O–H groups in total. The van der Waals surface area contributed by atoms with Crippen molar-refractivity contribution in [3.05, 3.63) is 69.1 Å². The number of hydrogen-bond acceptors (Lipinski definition) is 7. The number of halogens is 1. The van der Waals surface area contributed by atoms with Crippen molar-refractivity contribution in [1.82, 2.24) is 19.8 Å². The molecule has 0 saturated carbocycles. The molecule has 0 spiro atoms. The predicted molar refractivity (Wildman–Crippen MR) is 145 cm³/mol. The highest BCUT2D eigenvalue weighted by molar-refractivity contribution is 7.89. The first-order valence-corrected chi connectivity index (χ1v) is 14.0. The van der Waals surface area contributed by atoms with Crippen molar-refractivity contribution < 1.29 is 18.0 Å². The Labute approximate surface area is 225 Å². The molecule has 1 saturated heterocycles. The molecule has 2 amide bonds. The number of anilines is 1. The third-order valence-electron chi connectivity index (χ3n) is 6.19. The van der Waals surface area contributed by atoms with Crippen molar-refractivity contribution in [1.29, 1.82) is 0 Å². The largest absolute Gasteiger partial charge is 0.383 e. The summed E-state index contributed by atoms with van der Waals surface area (Å²) in [6.07, 6.45) is 1.44. The lowest BCUT2D eigenvalue weighted by molar-refractivity contribution is -0.142. The van der Waals surface area contributed by atoms with Gasteiger partial charge in [0.1, 0.15) is 17.8 Å². The van der Waals surface area contributed by atoms with Crippen LogP contribution >= 0.6 is 11.6 Å². The van der Waals surface area contributed by atoms with Crippen molar-refractivity contribution in [2.45, 2.75) is 26.9 Å². The maximum absolute atomic E-state index is 13.5. The second-order valence-electron chi connectivity index (χ2n) is 10.1. The molecule has 11 nitrogen and oxygen atoms in total. The van der Waals surface area contributed by atoms with Crippen LogP contribution in [0, 0.1) is 5.41 Å². The number of primary sulfonamides is 1. The van der Waals surface area contributed by atoms with E-state index in [1.54, 1.807) is 35.2 Å². The summed E-state index contributed by atoms with van der Waals surface area (Å²) < 4.78 is 23.9. The molecule has 38 heavy (non-hydrogen) atoms. The van der Waals surface area contributed by atoms with Gasteiger partial charge in [0.05, 0.1) is 5.75 Å². The number of pyridine rings is 2. The Bertz CT molecular complexity index is 1540. The highest BCUT2D eigenvalue weighted by Gasteiger charge is 2.37. The van der Waals surface area contributed by atoms with Gasteiger partial charge in [0.25, 0.3) is 11.5 Å². The maximum atomic E-state index is 13.5. The van der Waals surface area contributed by atoms with E-state index >= 15 is 0 Å². The van der Waals surface area contributed by atoms with Crippen molar-refractivity contribution in [3.8, 4) is 0 Å². The van der Waals surface area contributed by atoms with Crippen molar-refractivity contribution >= 4 is 50.2 Å². The molecule has 4 rings (SSSR count). The van der Waals surface area contributed by atoms with Gasteiger partial charge in [-0.1, -0.05) is 37.6 Å². The molecular formula is C25H29ClN6O5S. The first kappa shape index (κ1) is 27.6. The number of aromatic nitrogens is 2. The number of benzene rings is 1. The fraction of sp³-hybridized carbons (Fsp3) is 0.360. The van der Waals surface area contributed by atoms with Crippen molar-refractivity contribution in [2.75, 3.05) is 30.7 Å². The second-order valence-corrected chi connectivity index (χ2v) is 12.2. The summed E-state index contributed by atoms with van der Waals surface area (Å²) in [6, 6.07) is 9.89. The quantitative estimate of drug-likeness (QED) is 0.358. The predicted octanol–water partition coefficient (Wildman–Crippen LogP) is 1.55. The van der Waals surface area contributed by atoms with Crippen LogP contribution in [0.5, 0.6) is 0 Å². The van der Waals surface area contributed by atoms with Gasteiger partial charge in [-0.15, -0.1) is 0 Å². The van der Waals surface area contributed by atoms with Crippen LogP contribution in [0.1, 0.15) is 29.8 Å². The molecule has 2 aromatic heterocycles. The Morgan fingerprint density at radius 3 is 2.47 bits per heavy atom. The molecule has 0 aliphatic carbocycles. The molecule has 0 atom stereocenters. The lowest BCUT2D eigenvalue weighted by Gasteiger charge is -2.45. The van der Waals surface area contributed by atoms with Crippen LogP contribution in [0.25, 0.3) is 11.0 Å². The highest BCUT2D eigenvalue weighted by atomic mass is 35.5. The lowest BCUT2D eigenvalue weighted by atomic mass is 9.84. The van der Waals surface area contributed by atoms with Crippen LogP contribution in [0.3, 0.4) is 0 Å². The number of sulfonamides is 1. The topological polar surface area (TPSA) is 156 Å². The Hall–Kier alpha value is -3.48. The van der Waals surface area contributed by atoms with Gasteiger partial charge in [-0.25, -0.2) is 18.5 Å². The first-order chi connectivity index (χ1) is 17.8. The number of likely N-dealkylation sites (tertiary alicyclic amines) is 1. The van der Waals surface area contributed by atoms with Gasteiger partial charge in [-0.2, -0.15) is 0 Å². The van der Waals surface area contributed by atoms with Crippen LogP contribution in [0.4, 0.5) is 5.69 Å². The van der Waals surface area contributed by atoms with Crippen LogP contribution in [0.15, 0.2) is 47.4 Å². The Kier molecular flexibility index (Phi) is 7.77. The normalized spacial score (nSPS) is 14.7. The minimum absolute atomic E-state index is 0.00302. The van der Waals surface area contributed by atoms with E-state index in [2.05, 4.69) is 15.6 Å². The third-order valence-corrected chi connectivity index (χ3v) is 7.21. The zero-order chi connectivity index (χ0) is 27.7. The van der Waals surface area contributed by atoms with Crippen LogP contribution < -0.4 is 21.3 Å². The molecular weight excluding hydrogens is 532 g/mol. The van der Waals surface area contributed by atoms with E-state index in [0.717, 1.165) is 5.56 Å². The van der Waals surface area contributed by atoms with E-state index in [0.29, 0.717) is 29.2 Å². The van der Waals surface area contributed by atoms with E-state index in [1.807, 2.05) is 13.8 Å². The summed E-state index contributed by atoms with van der Waals surface area (Å²) in [7, 11) is -3.71. The van der Waals surface area contributed by atoms with E-state index in [-0.39, 0.29) is 47.9 Å². The number of hydrogen-bond donors (Lipinski definition) is 3. The Morgan fingerprint density at radius 2 is 1.84 bits per heavy atom. The molecule has 0 radical (unpaired) electrons. The molecule has 3 aromatic rings. The Balaban J connectivity index is 1.69. The number of fused-ring (bicyclic) bond motifs is 1. The molecule has 1 aliphatic heterocycles. The lowest BCUT2D eigenvalue weighted by Crippen LogP contribution is -2.56. The number of amides is 2. The number of nitrogens with one attached hydrogen (secondary N) is 2. The van der Waals surface area contributed by atoms with Gasteiger partial charge in [0.15, 0.2) is 0 Å². The molecule has 0 unspecified atom stereocenters. The first-order valence-electron chi connectivity index (χ1n) is 11.9.